The molecule has 0 bridgehead atoms. The monoisotopic (exact) mass is 437 g/mol. The number of rotatable bonds is 5. The quantitative estimate of drug-likeness (QED) is 0.421. The Morgan fingerprint density at radius 2 is 1.97 bits per heavy atom. The normalized spacial score (nSPS) is 19.9. The highest BCUT2D eigenvalue weighted by atomic mass is 16.5. The summed E-state index contributed by atoms with van der Waals surface area (Å²) in [7, 11) is 5.69. The molecule has 168 valence electrons. The summed E-state index contributed by atoms with van der Waals surface area (Å²) in [6, 6.07) is 10.8. The fourth-order valence-corrected chi connectivity index (χ4v) is 4.11. The van der Waals surface area contributed by atoms with Crippen molar-refractivity contribution >= 4 is 23.1 Å². The van der Waals surface area contributed by atoms with Crippen LogP contribution in [0.1, 0.15) is 17.2 Å². The number of fused-ring (bicyclic) bond motifs is 1. The van der Waals surface area contributed by atoms with Gasteiger partial charge >= 0.3 is 0 Å². The third kappa shape index (κ3) is 3.89. The Kier molecular flexibility index (Phi) is 5.80. The molecule has 2 aliphatic heterocycles. The van der Waals surface area contributed by atoms with E-state index in [1.165, 1.54) is 17.0 Å². The van der Waals surface area contributed by atoms with E-state index in [-0.39, 0.29) is 17.1 Å². The van der Waals surface area contributed by atoms with Gasteiger partial charge in [0.15, 0.2) is 0 Å². The highest BCUT2D eigenvalue weighted by Crippen LogP contribution is 2.41. The van der Waals surface area contributed by atoms with Crippen molar-refractivity contribution < 1.29 is 24.5 Å². The number of amides is 1. The fourth-order valence-electron chi connectivity index (χ4n) is 4.11. The fraction of sp³-hybridized carbons (Fsp3) is 0.333. The van der Waals surface area contributed by atoms with E-state index >= 15 is 0 Å². The van der Waals surface area contributed by atoms with Crippen LogP contribution in [0.15, 0.2) is 48.0 Å². The lowest BCUT2D eigenvalue weighted by molar-refractivity contribution is -0.140. The predicted octanol–water partition coefficient (Wildman–Crippen LogP) is 2.20. The molecule has 0 aromatic heterocycles. The van der Waals surface area contributed by atoms with Crippen LogP contribution in [-0.4, -0.2) is 79.1 Å². The lowest BCUT2D eigenvalue weighted by Crippen LogP contribution is -2.35. The molecule has 0 aliphatic carbocycles. The SMILES string of the molecule is CN(C)CCN1C(=O)C(=O)/C(=C(\O)c2ccc3c(c2)N(C)CCO3)C1c1cccc(O)c1. The van der Waals surface area contributed by atoms with Gasteiger partial charge in [0, 0.05) is 25.7 Å². The molecule has 2 heterocycles. The van der Waals surface area contributed by atoms with Gasteiger partial charge in [0.05, 0.1) is 23.8 Å². The zero-order valence-corrected chi connectivity index (χ0v) is 18.4. The Hall–Kier alpha value is -3.52. The molecular weight excluding hydrogens is 410 g/mol. The highest BCUT2D eigenvalue weighted by molar-refractivity contribution is 6.46. The van der Waals surface area contributed by atoms with Gasteiger partial charge in [-0.2, -0.15) is 0 Å². The number of anilines is 1. The lowest BCUT2D eigenvalue weighted by atomic mass is 9.95. The number of Topliss-reactive ketones (excluding diaryl/α,β-unsaturated/α-hetero) is 1. The first kappa shape index (κ1) is 21.7. The minimum absolute atomic E-state index is 0.0127. The minimum atomic E-state index is -0.799. The summed E-state index contributed by atoms with van der Waals surface area (Å²) in [5.74, 6) is -0.928. The summed E-state index contributed by atoms with van der Waals surface area (Å²) >= 11 is 0. The van der Waals surface area contributed by atoms with E-state index in [2.05, 4.69) is 0 Å². The Balaban J connectivity index is 1.84. The van der Waals surface area contributed by atoms with Crippen LogP contribution in [0.25, 0.3) is 5.76 Å². The zero-order chi connectivity index (χ0) is 23.0. The van der Waals surface area contributed by atoms with E-state index in [9.17, 15) is 19.8 Å². The van der Waals surface area contributed by atoms with Crippen LogP contribution in [0.4, 0.5) is 5.69 Å². The van der Waals surface area contributed by atoms with Crippen molar-refractivity contribution in [3.8, 4) is 11.5 Å². The van der Waals surface area contributed by atoms with Gasteiger partial charge < -0.3 is 29.6 Å². The second-order valence-electron chi connectivity index (χ2n) is 8.34. The number of benzene rings is 2. The van der Waals surface area contributed by atoms with E-state index in [0.717, 1.165) is 5.69 Å². The van der Waals surface area contributed by atoms with Crippen molar-refractivity contribution in [2.75, 3.05) is 52.3 Å². The average molecular weight is 437 g/mol. The molecule has 1 amide bonds. The molecule has 0 spiro atoms. The number of aliphatic hydroxyl groups is 1. The number of ketones is 1. The van der Waals surface area contributed by atoms with Gasteiger partial charge in [-0.15, -0.1) is 0 Å². The van der Waals surface area contributed by atoms with Gasteiger partial charge in [0.2, 0.25) is 0 Å². The number of likely N-dealkylation sites (N-methyl/N-ethyl adjacent to an activating group) is 2. The van der Waals surface area contributed by atoms with Crippen LogP contribution >= 0.6 is 0 Å². The Bertz CT molecular complexity index is 1090. The number of phenolic OH excluding ortho intramolecular Hbond substituents is 1. The summed E-state index contributed by atoms with van der Waals surface area (Å²) in [6.45, 7) is 2.12. The van der Waals surface area contributed by atoms with Crippen LogP contribution in [0.3, 0.4) is 0 Å². The minimum Gasteiger partial charge on any atom is -0.508 e. The Morgan fingerprint density at radius 1 is 1.19 bits per heavy atom. The van der Waals surface area contributed by atoms with Crippen molar-refractivity contribution in [3.63, 3.8) is 0 Å². The van der Waals surface area contributed by atoms with Crippen molar-refractivity contribution in [1.82, 2.24) is 9.80 Å². The first-order valence-corrected chi connectivity index (χ1v) is 10.5. The topological polar surface area (TPSA) is 93.6 Å². The van der Waals surface area contributed by atoms with E-state index in [4.69, 9.17) is 4.74 Å². The first-order valence-electron chi connectivity index (χ1n) is 10.5. The van der Waals surface area contributed by atoms with Crippen molar-refractivity contribution in [3.05, 3.63) is 59.2 Å². The molecule has 1 atom stereocenters. The van der Waals surface area contributed by atoms with Crippen LogP contribution in [-0.2, 0) is 9.59 Å². The van der Waals surface area contributed by atoms with Gasteiger partial charge in [0.1, 0.15) is 23.9 Å². The molecule has 8 heteroatoms. The Morgan fingerprint density at radius 3 is 2.69 bits per heavy atom. The molecule has 0 radical (unpaired) electrons. The number of carbonyl (C=O) groups is 2. The third-order valence-corrected chi connectivity index (χ3v) is 5.84. The molecule has 1 saturated heterocycles. The van der Waals surface area contributed by atoms with Crippen LogP contribution in [0.2, 0.25) is 0 Å². The predicted molar refractivity (Wildman–Crippen MR) is 121 cm³/mol. The summed E-state index contributed by atoms with van der Waals surface area (Å²) in [6.07, 6.45) is 0. The van der Waals surface area contributed by atoms with Gasteiger partial charge in [-0.1, -0.05) is 12.1 Å². The first-order chi connectivity index (χ1) is 15.3. The zero-order valence-electron chi connectivity index (χ0n) is 18.4. The highest BCUT2D eigenvalue weighted by Gasteiger charge is 2.46. The van der Waals surface area contributed by atoms with E-state index < -0.39 is 17.7 Å². The van der Waals surface area contributed by atoms with Crippen LogP contribution < -0.4 is 9.64 Å². The Labute approximate surface area is 186 Å². The smallest absolute Gasteiger partial charge is 0.295 e. The number of ether oxygens (including phenoxy) is 1. The number of phenols is 1. The number of carbonyl (C=O) groups excluding carboxylic acids is 2. The number of aliphatic hydroxyl groups excluding tert-OH is 1. The average Bonchev–Trinajstić information content (AvgIpc) is 3.02. The molecule has 2 aliphatic rings. The van der Waals surface area contributed by atoms with E-state index in [0.29, 0.717) is 43.1 Å². The summed E-state index contributed by atoms with van der Waals surface area (Å²) < 4.78 is 5.67. The number of likely N-dealkylation sites (tertiary alicyclic amines) is 1. The maximum absolute atomic E-state index is 13.1. The lowest BCUT2D eigenvalue weighted by Gasteiger charge is -2.28. The largest absolute Gasteiger partial charge is 0.508 e. The van der Waals surface area contributed by atoms with Crippen LogP contribution in [0.5, 0.6) is 11.5 Å². The number of aromatic hydroxyl groups is 1. The molecule has 32 heavy (non-hydrogen) atoms. The molecule has 0 saturated carbocycles. The molecule has 8 nitrogen and oxygen atoms in total. The van der Waals surface area contributed by atoms with Crippen LogP contribution in [0, 0.1) is 0 Å². The van der Waals surface area contributed by atoms with Crippen molar-refractivity contribution in [2.45, 2.75) is 6.04 Å². The van der Waals surface area contributed by atoms with Gasteiger partial charge in [-0.3, -0.25) is 9.59 Å². The second-order valence-corrected chi connectivity index (χ2v) is 8.34. The maximum Gasteiger partial charge on any atom is 0.295 e. The van der Waals surface area contributed by atoms with Crippen molar-refractivity contribution in [2.24, 2.45) is 0 Å². The standard InChI is InChI=1S/C24H27N3O5/c1-25(2)9-10-27-21(15-5-4-6-17(28)13-15)20(23(30)24(27)31)22(29)16-7-8-19-18(14-16)26(3)11-12-32-19/h4-8,13-14,21,28-29H,9-12H2,1-3H3/b22-20-. The number of hydrogen-bond donors (Lipinski definition) is 2. The number of hydrogen-bond acceptors (Lipinski definition) is 7. The molecular formula is C24H27N3O5. The molecule has 2 N–H and O–H groups in total. The molecule has 4 rings (SSSR count). The summed E-state index contributed by atoms with van der Waals surface area (Å²) in [4.78, 5) is 31.4. The summed E-state index contributed by atoms with van der Waals surface area (Å²) in [5.41, 5.74) is 1.80. The molecule has 1 fully saturated rings. The molecule has 2 aromatic rings. The second kappa shape index (κ2) is 8.55. The van der Waals surface area contributed by atoms with E-state index in [1.807, 2.05) is 30.9 Å². The van der Waals surface area contributed by atoms with Gasteiger partial charge in [-0.05, 0) is 50.0 Å². The van der Waals surface area contributed by atoms with Gasteiger partial charge in [0.25, 0.3) is 11.7 Å². The number of nitrogens with zero attached hydrogens (tertiary/aromatic N) is 3. The third-order valence-electron chi connectivity index (χ3n) is 5.84. The van der Waals surface area contributed by atoms with Crippen molar-refractivity contribution in [1.29, 1.82) is 0 Å². The van der Waals surface area contributed by atoms with Gasteiger partial charge in [-0.25, -0.2) is 0 Å². The molecule has 1 unspecified atom stereocenters. The summed E-state index contributed by atoms with van der Waals surface area (Å²) in [5, 5.41) is 21.3. The van der Waals surface area contributed by atoms with E-state index in [1.54, 1.807) is 30.3 Å². The molecule has 2 aromatic carbocycles. The maximum atomic E-state index is 13.1.